The molecule has 1 saturated heterocycles. The Labute approximate surface area is 198 Å². The topological polar surface area (TPSA) is 71.8 Å². The fraction of sp³-hybridized carbons (Fsp3) is 0.231. The smallest absolute Gasteiger partial charge is 0.282 e. The van der Waals surface area contributed by atoms with Crippen molar-refractivity contribution in [3.63, 3.8) is 0 Å². The lowest BCUT2D eigenvalue weighted by Crippen LogP contribution is -2.42. The van der Waals surface area contributed by atoms with Crippen molar-refractivity contribution in [3.05, 3.63) is 84.2 Å². The average Bonchev–Trinajstić information content (AvgIpc) is 3.31. The molecular formula is C26H26N6O2. The number of piperazine rings is 1. The molecule has 0 aliphatic carbocycles. The van der Waals surface area contributed by atoms with Crippen molar-refractivity contribution < 1.29 is 9.59 Å². The lowest BCUT2D eigenvalue weighted by Gasteiger charge is -2.34. The van der Waals surface area contributed by atoms with E-state index in [4.69, 9.17) is 0 Å². The molecule has 8 heteroatoms. The van der Waals surface area contributed by atoms with Crippen molar-refractivity contribution in [1.82, 2.24) is 9.80 Å². The van der Waals surface area contributed by atoms with Gasteiger partial charge in [0.05, 0.1) is 33.9 Å². The van der Waals surface area contributed by atoms with Crippen LogP contribution in [-0.4, -0.2) is 59.2 Å². The second-order valence-electron chi connectivity index (χ2n) is 8.43. The van der Waals surface area contributed by atoms with Crippen molar-refractivity contribution in [2.24, 2.45) is 10.2 Å². The molecule has 3 aliphatic heterocycles. The van der Waals surface area contributed by atoms with Crippen LogP contribution >= 0.6 is 0 Å². The van der Waals surface area contributed by atoms with Crippen LogP contribution in [0.1, 0.15) is 13.8 Å². The number of para-hydroxylation sites is 2. The highest BCUT2D eigenvalue weighted by atomic mass is 16.2. The van der Waals surface area contributed by atoms with E-state index < -0.39 is 0 Å². The molecule has 0 bridgehead atoms. The molecule has 0 spiro atoms. The molecule has 0 N–H and O–H groups in total. The Morgan fingerprint density at radius 2 is 0.971 bits per heavy atom. The van der Waals surface area contributed by atoms with E-state index in [1.807, 2.05) is 86.9 Å². The van der Waals surface area contributed by atoms with Crippen LogP contribution < -0.4 is 10.0 Å². The highest BCUT2D eigenvalue weighted by Crippen LogP contribution is 2.25. The minimum Gasteiger partial charge on any atom is -0.373 e. The van der Waals surface area contributed by atoms with Gasteiger partial charge >= 0.3 is 0 Å². The van der Waals surface area contributed by atoms with E-state index >= 15 is 0 Å². The van der Waals surface area contributed by atoms with Crippen molar-refractivity contribution in [3.8, 4) is 0 Å². The molecule has 34 heavy (non-hydrogen) atoms. The van der Waals surface area contributed by atoms with Crippen LogP contribution in [0.25, 0.3) is 0 Å². The zero-order valence-electron chi connectivity index (χ0n) is 19.3. The molecule has 0 unspecified atom stereocenters. The summed E-state index contributed by atoms with van der Waals surface area (Å²) in [6, 6.07) is 18.9. The number of benzene rings is 2. The van der Waals surface area contributed by atoms with Gasteiger partial charge in [-0.15, -0.1) is 0 Å². The number of amides is 2. The fourth-order valence-electron chi connectivity index (χ4n) is 4.18. The Morgan fingerprint density at radius 1 is 0.618 bits per heavy atom. The summed E-state index contributed by atoms with van der Waals surface area (Å²) in [7, 11) is 0. The molecule has 172 valence electrons. The predicted molar refractivity (Wildman–Crippen MR) is 133 cm³/mol. The zero-order chi connectivity index (χ0) is 23.7. The first-order valence-corrected chi connectivity index (χ1v) is 11.3. The summed E-state index contributed by atoms with van der Waals surface area (Å²) in [6.07, 6.45) is 3.83. The molecule has 8 nitrogen and oxygen atoms in total. The maximum Gasteiger partial charge on any atom is 0.282 e. The number of carbonyl (C=O) groups excluding carboxylic acids is 2. The van der Waals surface area contributed by atoms with Crippen LogP contribution in [0.15, 0.2) is 94.4 Å². The molecule has 2 aromatic carbocycles. The van der Waals surface area contributed by atoms with Crippen molar-refractivity contribution in [2.75, 3.05) is 36.2 Å². The lowest BCUT2D eigenvalue weighted by molar-refractivity contribution is -0.115. The van der Waals surface area contributed by atoms with Crippen LogP contribution in [0, 0.1) is 0 Å². The highest BCUT2D eigenvalue weighted by Gasteiger charge is 2.31. The first-order chi connectivity index (χ1) is 16.5. The van der Waals surface area contributed by atoms with Crippen LogP contribution in [0.3, 0.4) is 0 Å². The molecule has 0 atom stereocenters. The third-order valence-electron chi connectivity index (χ3n) is 6.10. The predicted octanol–water partition coefficient (Wildman–Crippen LogP) is 3.22. The number of nitrogens with zero attached hydrogens (tertiary/aromatic N) is 6. The van der Waals surface area contributed by atoms with Gasteiger partial charge in [-0.3, -0.25) is 9.59 Å². The van der Waals surface area contributed by atoms with Crippen LogP contribution in [0.2, 0.25) is 0 Å². The summed E-state index contributed by atoms with van der Waals surface area (Å²) >= 11 is 0. The second kappa shape index (κ2) is 8.97. The van der Waals surface area contributed by atoms with E-state index in [1.54, 1.807) is 0 Å². The Balaban J connectivity index is 1.23. The Morgan fingerprint density at radius 3 is 1.32 bits per heavy atom. The van der Waals surface area contributed by atoms with Gasteiger partial charge in [0.1, 0.15) is 0 Å². The number of anilines is 2. The molecule has 0 radical (unpaired) electrons. The van der Waals surface area contributed by atoms with Gasteiger partial charge in [0.15, 0.2) is 0 Å². The molecule has 1 fully saturated rings. The summed E-state index contributed by atoms with van der Waals surface area (Å²) in [5, 5.41) is 11.8. The van der Waals surface area contributed by atoms with E-state index in [9.17, 15) is 9.59 Å². The SMILES string of the molecule is CC1=NN(c2ccccc2)C(=O)/C1=C/N1CCN(/C=C2/C(=O)N(c3ccccc3)N=C2C)CC1. The summed E-state index contributed by atoms with van der Waals surface area (Å²) in [5.41, 5.74) is 4.17. The largest absolute Gasteiger partial charge is 0.373 e. The zero-order valence-corrected chi connectivity index (χ0v) is 19.3. The first kappa shape index (κ1) is 21.6. The number of hydrazone groups is 2. The van der Waals surface area contributed by atoms with E-state index in [0.717, 1.165) is 37.6 Å². The Hall–Kier alpha value is -4.20. The van der Waals surface area contributed by atoms with Crippen LogP contribution in [-0.2, 0) is 9.59 Å². The lowest BCUT2D eigenvalue weighted by atomic mass is 10.1. The third kappa shape index (κ3) is 4.10. The maximum absolute atomic E-state index is 12.9. The minimum atomic E-state index is -0.113. The molecule has 3 heterocycles. The average molecular weight is 455 g/mol. The fourth-order valence-corrected chi connectivity index (χ4v) is 4.18. The molecule has 5 rings (SSSR count). The molecule has 0 saturated carbocycles. The maximum atomic E-state index is 12.9. The van der Waals surface area contributed by atoms with Crippen molar-refractivity contribution in [2.45, 2.75) is 13.8 Å². The number of hydrogen-bond acceptors (Lipinski definition) is 6. The van der Waals surface area contributed by atoms with Gasteiger partial charge in [-0.2, -0.15) is 20.2 Å². The molecule has 2 amide bonds. The van der Waals surface area contributed by atoms with E-state index in [0.29, 0.717) is 22.6 Å². The first-order valence-electron chi connectivity index (χ1n) is 11.3. The summed E-state index contributed by atoms with van der Waals surface area (Å²) in [5.74, 6) is -0.227. The summed E-state index contributed by atoms with van der Waals surface area (Å²) in [6.45, 7) is 6.69. The van der Waals surface area contributed by atoms with Crippen LogP contribution in [0.4, 0.5) is 11.4 Å². The van der Waals surface area contributed by atoms with Crippen molar-refractivity contribution >= 4 is 34.6 Å². The second-order valence-corrected chi connectivity index (χ2v) is 8.43. The minimum absolute atomic E-state index is 0.113. The van der Waals surface area contributed by atoms with Gasteiger partial charge in [-0.05, 0) is 38.1 Å². The van der Waals surface area contributed by atoms with E-state index in [2.05, 4.69) is 20.0 Å². The Bertz CT molecular complexity index is 1130. The highest BCUT2D eigenvalue weighted by molar-refractivity contribution is 6.30. The van der Waals surface area contributed by atoms with E-state index in [1.165, 1.54) is 10.0 Å². The van der Waals surface area contributed by atoms with Gasteiger partial charge < -0.3 is 9.80 Å². The Kier molecular flexibility index (Phi) is 5.71. The standard InChI is InChI=1S/C26H26N6O2/c1-19-23(25(33)31(27-19)21-9-5-3-6-10-21)17-29-13-15-30(16-14-29)18-24-20(2)28-32(26(24)34)22-11-7-4-8-12-22/h3-12,17-18H,13-16H2,1-2H3/b23-17+,24-18+. The number of rotatable bonds is 4. The third-order valence-corrected chi connectivity index (χ3v) is 6.10. The van der Waals surface area contributed by atoms with Crippen LogP contribution in [0.5, 0.6) is 0 Å². The monoisotopic (exact) mass is 454 g/mol. The number of carbonyl (C=O) groups is 2. The van der Waals surface area contributed by atoms with Crippen molar-refractivity contribution in [1.29, 1.82) is 0 Å². The van der Waals surface area contributed by atoms with Gasteiger partial charge in [-0.25, -0.2) is 0 Å². The molecule has 2 aromatic rings. The molecular weight excluding hydrogens is 428 g/mol. The molecule has 0 aromatic heterocycles. The van der Waals surface area contributed by atoms with Gasteiger partial charge in [0, 0.05) is 38.6 Å². The quantitative estimate of drug-likeness (QED) is 0.665. The van der Waals surface area contributed by atoms with E-state index in [-0.39, 0.29) is 11.8 Å². The van der Waals surface area contributed by atoms with Gasteiger partial charge in [-0.1, -0.05) is 36.4 Å². The summed E-state index contributed by atoms with van der Waals surface area (Å²) < 4.78 is 0. The number of hydrogen-bond donors (Lipinski definition) is 0. The summed E-state index contributed by atoms with van der Waals surface area (Å²) in [4.78, 5) is 30.2. The normalized spacial score (nSPS) is 21.1. The van der Waals surface area contributed by atoms with Gasteiger partial charge in [0.25, 0.3) is 11.8 Å². The van der Waals surface area contributed by atoms with Gasteiger partial charge in [0.2, 0.25) is 0 Å². The molecule has 3 aliphatic rings.